The number of nitrogens with zero attached hydrogens (tertiary/aromatic N) is 1. The molecular weight excluding hydrogens is 332 g/mol. The number of ether oxygens (including phenoxy) is 1. The van der Waals surface area contributed by atoms with E-state index in [-0.39, 0.29) is 23.9 Å². The zero-order valence-corrected chi connectivity index (χ0v) is 15.1. The monoisotopic (exact) mass is 354 g/mol. The maximum atomic E-state index is 12.4. The summed E-state index contributed by atoms with van der Waals surface area (Å²) in [4.78, 5) is 37.5. The van der Waals surface area contributed by atoms with Crippen LogP contribution in [0.1, 0.15) is 28.4 Å². The summed E-state index contributed by atoms with van der Waals surface area (Å²) in [7, 11) is 1.28. The van der Waals surface area contributed by atoms with Crippen LogP contribution in [0, 0.1) is 6.92 Å². The molecule has 2 aromatic rings. The quantitative estimate of drug-likeness (QED) is 0.810. The minimum absolute atomic E-state index is 0.112. The van der Waals surface area contributed by atoms with E-state index in [0.717, 1.165) is 11.1 Å². The van der Waals surface area contributed by atoms with Crippen molar-refractivity contribution in [3.05, 3.63) is 65.2 Å². The molecule has 0 spiro atoms. The second-order valence-electron chi connectivity index (χ2n) is 5.95. The zero-order chi connectivity index (χ0) is 19.1. The molecule has 0 fully saturated rings. The third-order valence-electron chi connectivity index (χ3n) is 3.84. The van der Waals surface area contributed by atoms with Gasteiger partial charge in [0.1, 0.15) is 6.54 Å². The number of esters is 1. The summed E-state index contributed by atoms with van der Waals surface area (Å²) in [6, 6.07) is 14.3. The normalized spacial score (nSPS) is 10.1. The van der Waals surface area contributed by atoms with Crippen LogP contribution in [-0.2, 0) is 20.9 Å². The minimum Gasteiger partial charge on any atom is -0.465 e. The molecule has 0 unspecified atom stereocenters. The molecule has 0 bridgehead atoms. The number of carbonyl (C=O) groups excluding carboxylic acids is 3. The Morgan fingerprint density at radius 2 is 1.81 bits per heavy atom. The van der Waals surface area contributed by atoms with Gasteiger partial charge in [-0.15, -0.1) is 0 Å². The molecule has 0 saturated heterocycles. The highest BCUT2D eigenvalue weighted by molar-refractivity contribution is 6.02. The molecule has 0 atom stereocenters. The standard InChI is InChI=1S/C20H22N2O4/c1-14-7-6-8-16(11-14)12-22(15(2)23)13-19(24)21-18-10-5-4-9-17(18)20(25)26-3/h4-11H,12-13H2,1-3H3,(H,21,24). The fourth-order valence-electron chi connectivity index (χ4n) is 2.55. The second kappa shape index (κ2) is 8.80. The minimum atomic E-state index is -0.538. The summed E-state index contributed by atoms with van der Waals surface area (Å²) in [5.74, 6) is -1.13. The van der Waals surface area contributed by atoms with Gasteiger partial charge >= 0.3 is 5.97 Å². The number of carbonyl (C=O) groups is 3. The van der Waals surface area contributed by atoms with Crippen LogP contribution in [0.5, 0.6) is 0 Å². The summed E-state index contributed by atoms with van der Waals surface area (Å²) in [5, 5.41) is 2.67. The van der Waals surface area contributed by atoms with Gasteiger partial charge in [-0.2, -0.15) is 0 Å². The van der Waals surface area contributed by atoms with Gasteiger partial charge in [0.2, 0.25) is 11.8 Å². The van der Waals surface area contributed by atoms with E-state index in [2.05, 4.69) is 5.32 Å². The molecule has 2 aromatic carbocycles. The van der Waals surface area contributed by atoms with E-state index in [1.807, 2.05) is 31.2 Å². The predicted molar refractivity (Wildman–Crippen MR) is 98.7 cm³/mol. The highest BCUT2D eigenvalue weighted by Crippen LogP contribution is 2.16. The van der Waals surface area contributed by atoms with Gasteiger partial charge in [0, 0.05) is 13.5 Å². The molecule has 136 valence electrons. The first-order chi connectivity index (χ1) is 12.4. The molecule has 6 nitrogen and oxygen atoms in total. The molecule has 6 heteroatoms. The lowest BCUT2D eigenvalue weighted by Crippen LogP contribution is -2.36. The lowest BCUT2D eigenvalue weighted by Gasteiger charge is -2.21. The number of rotatable bonds is 6. The number of methoxy groups -OCH3 is 1. The largest absolute Gasteiger partial charge is 0.465 e. The molecule has 0 radical (unpaired) electrons. The van der Waals surface area contributed by atoms with Gasteiger partial charge in [0.05, 0.1) is 18.4 Å². The lowest BCUT2D eigenvalue weighted by molar-refractivity contribution is -0.133. The Kier molecular flexibility index (Phi) is 6.49. The van der Waals surface area contributed by atoms with Crippen molar-refractivity contribution in [2.45, 2.75) is 20.4 Å². The van der Waals surface area contributed by atoms with Crippen molar-refractivity contribution in [1.82, 2.24) is 4.90 Å². The molecule has 26 heavy (non-hydrogen) atoms. The van der Waals surface area contributed by atoms with Crippen molar-refractivity contribution < 1.29 is 19.1 Å². The van der Waals surface area contributed by atoms with Gasteiger partial charge in [0.15, 0.2) is 0 Å². The van der Waals surface area contributed by atoms with E-state index in [4.69, 9.17) is 4.74 Å². The van der Waals surface area contributed by atoms with E-state index < -0.39 is 5.97 Å². The number of benzene rings is 2. The summed E-state index contributed by atoms with van der Waals surface area (Å²) >= 11 is 0. The first-order valence-corrected chi connectivity index (χ1v) is 8.19. The molecule has 0 saturated carbocycles. The van der Waals surface area contributed by atoms with Crippen LogP contribution in [0.2, 0.25) is 0 Å². The molecule has 0 aliphatic rings. The van der Waals surface area contributed by atoms with Crippen molar-refractivity contribution >= 4 is 23.5 Å². The first-order valence-electron chi connectivity index (χ1n) is 8.19. The van der Waals surface area contributed by atoms with Crippen molar-refractivity contribution in [3.63, 3.8) is 0 Å². The number of anilines is 1. The number of amides is 2. The molecule has 1 N–H and O–H groups in total. The molecule has 2 amide bonds. The lowest BCUT2D eigenvalue weighted by atomic mass is 10.1. The van der Waals surface area contributed by atoms with Crippen LogP contribution >= 0.6 is 0 Å². The van der Waals surface area contributed by atoms with Crippen LogP contribution in [0.3, 0.4) is 0 Å². The highest BCUT2D eigenvalue weighted by Gasteiger charge is 2.17. The van der Waals surface area contributed by atoms with Crippen molar-refractivity contribution in [1.29, 1.82) is 0 Å². The Morgan fingerprint density at radius 3 is 2.46 bits per heavy atom. The number of aryl methyl sites for hydroxylation is 1. The van der Waals surface area contributed by atoms with Gasteiger partial charge in [-0.3, -0.25) is 9.59 Å². The van der Waals surface area contributed by atoms with Gasteiger partial charge in [-0.1, -0.05) is 42.0 Å². The first kappa shape index (κ1) is 19.2. The molecular formula is C20H22N2O4. The summed E-state index contributed by atoms with van der Waals surface area (Å²) in [6.07, 6.45) is 0. The van der Waals surface area contributed by atoms with E-state index in [0.29, 0.717) is 12.2 Å². The van der Waals surface area contributed by atoms with Crippen LogP contribution in [0.4, 0.5) is 5.69 Å². The molecule has 0 aliphatic heterocycles. The van der Waals surface area contributed by atoms with Gasteiger partial charge in [-0.05, 0) is 24.6 Å². The van der Waals surface area contributed by atoms with E-state index >= 15 is 0 Å². The zero-order valence-electron chi connectivity index (χ0n) is 15.1. The third-order valence-corrected chi connectivity index (χ3v) is 3.84. The third kappa shape index (κ3) is 5.17. The SMILES string of the molecule is COC(=O)c1ccccc1NC(=O)CN(Cc1cccc(C)c1)C(C)=O. The van der Waals surface area contributed by atoms with E-state index in [9.17, 15) is 14.4 Å². The summed E-state index contributed by atoms with van der Waals surface area (Å²) in [6.45, 7) is 3.62. The van der Waals surface area contributed by atoms with Crippen molar-refractivity contribution in [3.8, 4) is 0 Å². The summed E-state index contributed by atoms with van der Waals surface area (Å²) in [5.41, 5.74) is 2.64. The van der Waals surface area contributed by atoms with Crippen LogP contribution in [-0.4, -0.2) is 36.3 Å². The maximum absolute atomic E-state index is 12.4. The molecule has 0 heterocycles. The average molecular weight is 354 g/mol. The molecule has 2 rings (SSSR count). The molecule has 0 aromatic heterocycles. The fraction of sp³-hybridized carbons (Fsp3) is 0.250. The predicted octanol–water partition coefficient (Wildman–Crippen LogP) is 2.77. The van der Waals surface area contributed by atoms with Crippen molar-refractivity contribution in [2.75, 3.05) is 19.0 Å². The molecule has 0 aliphatic carbocycles. The highest BCUT2D eigenvalue weighted by atomic mass is 16.5. The Bertz CT molecular complexity index is 817. The Labute approximate surface area is 152 Å². The van der Waals surface area contributed by atoms with Gasteiger partial charge < -0.3 is 15.0 Å². The number of hydrogen-bond acceptors (Lipinski definition) is 4. The Morgan fingerprint density at radius 1 is 1.08 bits per heavy atom. The number of hydrogen-bond donors (Lipinski definition) is 1. The van der Waals surface area contributed by atoms with Crippen LogP contribution < -0.4 is 5.32 Å². The number of nitrogens with one attached hydrogen (secondary N) is 1. The Hall–Kier alpha value is -3.15. The van der Waals surface area contributed by atoms with E-state index in [1.165, 1.54) is 18.9 Å². The summed E-state index contributed by atoms with van der Waals surface area (Å²) < 4.78 is 4.71. The van der Waals surface area contributed by atoms with Gasteiger partial charge in [0.25, 0.3) is 0 Å². The Balaban J connectivity index is 2.09. The number of para-hydroxylation sites is 1. The van der Waals surface area contributed by atoms with Crippen molar-refractivity contribution in [2.24, 2.45) is 0 Å². The second-order valence-corrected chi connectivity index (χ2v) is 5.95. The van der Waals surface area contributed by atoms with E-state index in [1.54, 1.807) is 24.3 Å². The van der Waals surface area contributed by atoms with Gasteiger partial charge in [-0.25, -0.2) is 4.79 Å². The maximum Gasteiger partial charge on any atom is 0.339 e. The van der Waals surface area contributed by atoms with Crippen LogP contribution in [0.25, 0.3) is 0 Å². The van der Waals surface area contributed by atoms with Crippen LogP contribution in [0.15, 0.2) is 48.5 Å². The fourth-order valence-corrected chi connectivity index (χ4v) is 2.55. The topological polar surface area (TPSA) is 75.7 Å². The smallest absolute Gasteiger partial charge is 0.339 e. The average Bonchev–Trinajstić information content (AvgIpc) is 2.61.